The van der Waals surface area contributed by atoms with Crippen molar-refractivity contribution >= 4 is 23.5 Å². The number of H-pyrrole nitrogens is 1. The topological polar surface area (TPSA) is 69.8 Å². The van der Waals surface area contributed by atoms with Crippen LogP contribution in [-0.2, 0) is 13.0 Å². The van der Waals surface area contributed by atoms with Gasteiger partial charge in [-0.15, -0.1) is 0 Å². The molecule has 118 valence electrons. The molecule has 0 aliphatic heterocycles. The number of aromatic nitrogens is 2. The predicted octanol–water partition coefficient (Wildman–Crippen LogP) is 3.72. The number of aromatic amines is 1. The van der Waals surface area contributed by atoms with Crippen LogP contribution in [0.2, 0.25) is 0 Å². The van der Waals surface area contributed by atoms with Gasteiger partial charge in [-0.1, -0.05) is 19.1 Å². The van der Waals surface area contributed by atoms with Gasteiger partial charge in [-0.2, -0.15) is 16.9 Å². The van der Waals surface area contributed by atoms with E-state index in [4.69, 9.17) is 0 Å². The van der Waals surface area contributed by atoms with Gasteiger partial charge in [0, 0.05) is 10.9 Å². The molecule has 2 aromatic rings. The summed E-state index contributed by atoms with van der Waals surface area (Å²) >= 11 is 1.78. The lowest BCUT2D eigenvalue weighted by molar-refractivity contribution is 0.251. The molecule has 0 aliphatic rings. The first-order valence-corrected chi connectivity index (χ1v) is 8.62. The van der Waals surface area contributed by atoms with E-state index in [1.165, 1.54) is 5.56 Å². The number of benzene rings is 1. The molecule has 0 saturated heterocycles. The van der Waals surface area contributed by atoms with Crippen LogP contribution in [0.1, 0.15) is 36.0 Å². The SMILES string of the molecule is CCc1cc(CNC(=O)Nc2cccc([C@@H](C)SC)c2)[nH]n1. The third-order valence-corrected chi connectivity index (χ3v) is 4.43. The van der Waals surface area contributed by atoms with E-state index in [9.17, 15) is 4.79 Å². The van der Waals surface area contributed by atoms with Crippen molar-refractivity contribution in [1.29, 1.82) is 0 Å². The van der Waals surface area contributed by atoms with Crippen molar-refractivity contribution in [2.24, 2.45) is 0 Å². The summed E-state index contributed by atoms with van der Waals surface area (Å²) in [6.07, 6.45) is 2.95. The first-order valence-electron chi connectivity index (χ1n) is 7.33. The maximum absolute atomic E-state index is 12.0. The average Bonchev–Trinajstić information content (AvgIpc) is 3.00. The van der Waals surface area contributed by atoms with Crippen LogP contribution >= 0.6 is 11.8 Å². The van der Waals surface area contributed by atoms with E-state index in [0.29, 0.717) is 11.8 Å². The smallest absolute Gasteiger partial charge is 0.319 e. The van der Waals surface area contributed by atoms with Crippen molar-refractivity contribution < 1.29 is 4.79 Å². The van der Waals surface area contributed by atoms with E-state index >= 15 is 0 Å². The monoisotopic (exact) mass is 318 g/mol. The fourth-order valence-corrected chi connectivity index (χ4v) is 2.46. The van der Waals surface area contributed by atoms with Crippen LogP contribution in [0.5, 0.6) is 0 Å². The normalized spacial score (nSPS) is 12.0. The summed E-state index contributed by atoms with van der Waals surface area (Å²) in [5, 5.41) is 13.1. The standard InChI is InChI=1S/C16H22N4OS/c1-4-13-9-15(20-19-13)10-17-16(21)18-14-7-5-6-12(8-14)11(2)22-3/h5-9,11H,4,10H2,1-3H3,(H,19,20)(H2,17,18,21)/t11-/m1/s1. The Morgan fingerprint density at radius 2 is 2.23 bits per heavy atom. The summed E-state index contributed by atoms with van der Waals surface area (Å²) in [7, 11) is 0. The molecule has 6 heteroatoms. The Morgan fingerprint density at radius 1 is 1.41 bits per heavy atom. The van der Waals surface area contributed by atoms with E-state index in [1.807, 2.05) is 31.2 Å². The van der Waals surface area contributed by atoms with Gasteiger partial charge in [0.2, 0.25) is 0 Å². The fraction of sp³-hybridized carbons (Fsp3) is 0.375. The number of anilines is 1. The zero-order valence-electron chi connectivity index (χ0n) is 13.1. The number of hydrogen-bond acceptors (Lipinski definition) is 3. The molecule has 1 aromatic carbocycles. The minimum atomic E-state index is -0.221. The van der Waals surface area contributed by atoms with Gasteiger partial charge in [0.25, 0.3) is 0 Å². The van der Waals surface area contributed by atoms with Gasteiger partial charge >= 0.3 is 6.03 Å². The lowest BCUT2D eigenvalue weighted by Crippen LogP contribution is -2.28. The third-order valence-electron chi connectivity index (χ3n) is 3.45. The highest BCUT2D eigenvalue weighted by molar-refractivity contribution is 7.98. The molecule has 1 atom stereocenters. The van der Waals surface area contributed by atoms with Gasteiger partial charge < -0.3 is 10.6 Å². The van der Waals surface area contributed by atoms with E-state index in [0.717, 1.165) is 23.5 Å². The van der Waals surface area contributed by atoms with E-state index < -0.39 is 0 Å². The quantitative estimate of drug-likeness (QED) is 0.760. The number of rotatable bonds is 6. The average molecular weight is 318 g/mol. The van der Waals surface area contributed by atoms with Crippen molar-refractivity contribution in [3.8, 4) is 0 Å². The predicted molar refractivity (Wildman–Crippen MR) is 92.2 cm³/mol. The Hall–Kier alpha value is -1.95. The van der Waals surface area contributed by atoms with Crippen molar-refractivity contribution in [2.75, 3.05) is 11.6 Å². The fourth-order valence-electron chi connectivity index (χ4n) is 2.04. The lowest BCUT2D eigenvalue weighted by Gasteiger charge is -2.11. The largest absolute Gasteiger partial charge is 0.332 e. The van der Waals surface area contributed by atoms with Crippen LogP contribution in [0, 0.1) is 0 Å². The van der Waals surface area contributed by atoms with Gasteiger partial charge in [0.1, 0.15) is 0 Å². The number of thioether (sulfide) groups is 1. The molecule has 1 heterocycles. The van der Waals surface area contributed by atoms with Gasteiger partial charge in [-0.25, -0.2) is 4.79 Å². The summed E-state index contributed by atoms with van der Waals surface area (Å²) < 4.78 is 0. The molecule has 0 radical (unpaired) electrons. The molecule has 0 aliphatic carbocycles. The molecule has 2 amide bonds. The molecular formula is C16H22N4OS. The number of aryl methyl sites for hydroxylation is 1. The zero-order valence-corrected chi connectivity index (χ0v) is 14.0. The number of amides is 2. The molecule has 5 nitrogen and oxygen atoms in total. The van der Waals surface area contributed by atoms with E-state index in [1.54, 1.807) is 11.8 Å². The number of nitrogens with one attached hydrogen (secondary N) is 3. The Kier molecular flexibility index (Phi) is 5.89. The molecule has 0 unspecified atom stereocenters. The van der Waals surface area contributed by atoms with Crippen molar-refractivity contribution in [1.82, 2.24) is 15.5 Å². The maximum Gasteiger partial charge on any atom is 0.319 e. The summed E-state index contributed by atoms with van der Waals surface area (Å²) in [5.41, 5.74) is 3.90. The van der Waals surface area contributed by atoms with E-state index in [-0.39, 0.29) is 6.03 Å². The lowest BCUT2D eigenvalue weighted by atomic mass is 10.1. The third kappa shape index (κ3) is 4.53. The molecular weight excluding hydrogens is 296 g/mol. The number of nitrogens with zero attached hydrogens (tertiary/aromatic N) is 1. The van der Waals surface area contributed by atoms with Gasteiger partial charge in [0.15, 0.2) is 0 Å². The maximum atomic E-state index is 12.0. The second kappa shape index (κ2) is 7.89. The summed E-state index contributed by atoms with van der Waals surface area (Å²) in [5.74, 6) is 0. The Morgan fingerprint density at radius 3 is 2.91 bits per heavy atom. The molecule has 0 fully saturated rings. The summed E-state index contributed by atoms with van der Waals surface area (Å²) in [6.45, 7) is 4.62. The summed E-state index contributed by atoms with van der Waals surface area (Å²) in [6, 6.07) is 9.66. The van der Waals surface area contributed by atoms with Crippen molar-refractivity contribution in [3.63, 3.8) is 0 Å². The first kappa shape index (κ1) is 16.4. The van der Waals surface area contributed by atoms with Gasteiger partial charge in [-0.05, 0) is 43.4 Å². The Balaban J connectivity index is 1.89. The molecule has 0 saturated carbocycles. The minimum absolute atomic E-state index is 0.221. The van der Waals surface area contributed by atoms with Gasteiger partial charge in [0.05, 0.1) is 17.9 Å². The van der Waals surface area contributed by atoms with Gasteiger partial charge in [-0.3, -0.25) is 5.10 Å². The molecule has 1 aromatic heterocycles. The van der Waals surface area contributed by atoms with Crippen LogP contribution in [0.3, 0.4) is 0 Å². The minimum Gasteiger partial charge on any atom is -0.332 e. The zero-order chi connectivity index (χ0) is 15.9. The van der Waals surface area contributed by atoms with Crippen LogP contribution < -0.4 is 10.6 Å². The van der Waals surface area contributed by atoms with Crippen molar-refractivity contribution in [2.45, 2.75) is 32.1 Å². The van der Waals surface area contributed by atoms with Crippen LogP contribution in [0.15, 0.2) is 30.3 Å². The second-order valence-corrected chi connectivity index (χ2v) is 6.23. The van der Waals surface area contributed by atoms with Crippen molar-refractivity contribution in [3.05, 3.63) is 47.3 Å². The highest BCUT2D eigenvalue weighted by Crippen LogP contribution is 2.27. The first-order chi connectivity index (χ1) is 10.6. The van der Waals surface area contributed by atoms with Crippen LogP contribution in [0.4, 0.5) is 10.5 Å². The number of carbonyl (C=O) groups is 1. The molecule has 0 bridgehead atoms. The Bertz CT molecular complexity index is 626. The number of hydrogen-bond donors (Lipinski definition) is 3. The second-order valence-electron chi connectivity index (χ2n) is 5.05. The Labute approximate surface area is 135 Å². The molecule has 0 spiro atoms. The highest BCUT2D eigenvalue weighted by Gasteiger charge is 2.07. The van der Waals surface area contributed by atoms with Crippen LogP contribution in [0.25, 0.3) is 0 Å². The molecule has 22 heavy (non-hydrogen) atoms. The van der Waals surface area contributed by atoms with Crippen LogP contribution in [-0.4, -0.2) is 22.5 Å². The number of urea groups is 1. The molecule has 2 rings (SSSR count). The highest BCUT2D eigenvalue weighted by atomic mass is 32.2. The molecule has 3 N–H and O–H groups in total. The van der Waals surface area contributed by atoms with E-state index in [2.05, 4.69) is 40.1 Å². The summed E-state index contributed by atoms with van der Waals surface area (Å²) in [4.78, 5) is 12.0. The number of carbonyl (C=O) groups excluding carboxylic acids is 1.